The Kier molecular flexibility index (Phi) is 4.90. The van der Waals surface area contributed by atoms with Gasteiger partial charge in [-0.2, -0.15) is 0 Å². The van der Waals surface area contributed by atoms with Gasteiger partial charge in [0.25, 0.3) is 0 Å². The van der Waals surface area contributed by atoms with E-state index in [0.29, 0.717) is 0 Å². The molecule has 0 radical (unpaired) electrons. The third-order valence-electron chi connectivity index (χ3n) is 3.23. The largest absolute Gasteiger partial charge is 0.360 e. The van der Waals surface area contributed by atoms with Crippen LogP contribution in [-0.4, -0.2) is 23.6 Å². The summed E-state index contributed by atoms with van der Waals surface area (Å²) in [6.45, 7) is 3.03. The van der Waals surface area contributed by atoms with Gasteiger partial charge < -0.3 is 4.90 Å². The summed E-state index contributed by atoms with van der Waals surface area (Å²) >= 11 is 0. The highest BCUT2D eigenvalue weighted by molar-refractivity contribution is 5.37. The van der Waals surface area contributed by atoms with Gasteiger partial charge in [0.2, 0.25) is 0 Å². The Morgan fingerprint density at radius 1 is 1.05 bits per heavy atom. The van der Waals surface area contributed by atoms with Gasteiger partial charge in [0.1, 0.15) is 12.1 Å². The summed E-state index contributed by atoms with van der Waals surface area (Å²) in [6, 6.07) is 12.7. The average Bonchev–Trinajstić information content (AvgIpc) is 2.44. The van der Waals surface area contributed by atoms with E-state index in [2.05, 4.69) is 52.2 Å². The first kappa shape index (κ1) is 13.5. The fourth-order valence-corrected chi connectivity index (χ4v) is 2.09. The van der Waals surface area contributed by atoms with Crippen molar-refractivity contribution >= 4 is 5.82 Å². The lowest BCUT2D eigenvalue weighted by Gasteiger charge is -2.17. The maximum atomic E-state index is 4.29. The molecule has 0 saturated heterocycles. The van der Waals surface area contributed by atoms with Crippen molar-refractivity contribution in [1.29, 1.82) is 0 Å². The van der Waals surface area contributed by atoms with Crippen LogP contribution in [-0.2, 0) is 6.42 Å². The molecule has 0 fully saturated rings. The zero-order valence-electron chi connectivity index (χ0n) is 11.7. The van der Waals surface area contributed by atoms with E-state index in [-0.39, 0.29) is 0 Å². The number of aromatic nitrogens is 2. The predicted molar refractivity (Wildman–Crippen MR) is 79.4 cm³/mol. The van der Waals surface area contributed by atoms with Gasteiger partial charge in [-0.15, -0.1) is 0 Å². The van der Waals surface area contributed by atoms with E-state index in [1.165, 1.54) is 18.4 Å². The molecule has 3 heteroatoms. The highest BCUT2D eigenvalue weighted by atomic mass is 15.2. The Balaban J connectivity index is 1.74. The molecule has 0 aliphatic heterocycles. The summed E-state index contributed by atoms with van der Waals surface area (Å²) in [4.78, 5) is 10.6. The van der Waals surface area contributed by atoms with E-state index in [9.17, 15) is 0 Å². The van der Waals surface area contributed by atoms with Gasteiger partial charge in [0.15, 0.2) is 0 Å². The second-order valence-electron chi connectivity index (χ2n) is 4.88. The summed E-state index contributed by atoms with van der Waals surface area (Å²) in [5, 5.41) is 0. The van der Waals surface area contributed by atoms with Crippen molar-refractivity contribution < 1.29 is 0 Å². The molecule has 0 unspecified atom stereocenters. The summed E-state index contributed by atoms with van der Waals surface area (Å²) in [7, 11) is 2.09. The van der Waals surface area contributed by atoms with Crippen LogP contribution in [0.4, 0.5) is 5.82 Å². The number of unbranched alkanes of at least 4 members (excludes halogenated alkanes) is 1. The van der Waals surface area contributed by atoms with Gasteiger partial charge in [-0.25, -0.2) is 9.97 Å². The molecule has 0 amide bonds. The van der Waals surface area contributed by atoms with E-state index in [1.807, 2.05) is 13.0 Å². The van der Waals surface area contributed by atoms with Gasteiger partial charge >= 0.3 is 0 Å². The van der Waals surface area contributed by atoms with Crippen LogP contribution in [0.5, 0.6) is 0 Å². The number of hydrogen-bond donors (Lipinski definition) is 0. The minimum Gasteiger partial charge on any atom is -0.360 e. The molecular weight excluding hydrogens is 234 g/mol. The first-order valence-electron chi connectivity index (χ1n) is 6.79. The standard InChI is InChI=1S/C16H21N3/c1-14-12-16(18-13-17-14)19(2)11-7-6-10-15-8-4-3-5-9-15/h3-5,8-9,12-13H,6-7,10-11H2,1-2H3. The van der Waals surface area contributed by atoms with Crippen LogP contribution in [0, 0.1) is 6.92 Å². The van der Waals surface area contributed by atoms with Crippen LogP contribution in [0.2, 0.25) is 0 Å². The monoisotopic (exact) mass is 255 g/mol. The van der Waals surface area contributed by atoms with Crippen molar-refractivity contribution in [2.45, 2.75) is 26.2 Å². The molecule has 0 spiro atoms. The normalized spacial score (nSPS) is 10.4. The van der Waals surface area contributed by atoms with Crippen molar-refractivity contribution in [2.75, 3.05) is 18.5 Å². The Morgan fingerprint density at radius 3 is 2.58 bits per heavy atom. The van der Waals surface area contributed by atoms with Crippen molar-refractivity contribution in [3.8, 4) is 0 Å². The van der Waals surface area contributed by atoms with Crippen molar-refractivity contribution in [3.05, 3.63) is 54.0 Å². The Labute approximate surface area is 115 Å². The number of anilines is 1. The molecule has 3 nitrogen and oxygen atoms in total. The number of rotatable bonds is 6. The quantitative estimate of drug-likeness (QED) is 0.742. The number of benzene rings is 1. The average molecular weight is 255 g/mol. The van der Waals surface area contributed by atoms with E-state index in [1.54, 1.807) is 6.33 Å². The van der Waals surface area contributed by atoms with Gasteiger partial charge in [-0.05, 0) is 31.7 Å². The van der Waals surface area contributed by atoms with Crippen LogP contribution in [0.25, 0.3) is 0 Å². The third kappa shape index (κ3) is 4.36. The first-order chi connectivity index (χ1) is 9.25. The molecule has 100 valence electrons. The molecule has 2 aromatic rings. The maximum Gasteiger partial charge on any atom is 0.131 e. The van der Waals surface area contributed by atoms with Crippen LogP contribution in [0.1, 0.15) is 24.1 Å². The molecule has 0 N–H and O–H groups in total. The molecule has 0 saturated carbocycles. The van der Waals surface area contributed by atoms with Crippen LogP contribution >= 0.6 is 0 Å². The van der Waals surface area contributed by atoms with Crippen LogP contribution in [0.15, 0.2) is 42.7 Å². The Hall–Kier alpha value is -1.90. The van der Waals surface area contributed by atoms with E-state index in [4.69, 9.17) is 0 Å². The highest BCUT2D eigenvalue weighted by Crippen LogP contribution is 2.10. The molecule has 19 heavy (non-hydrogen) atoms. The van der Waals surface area contributed by atoms with E-state index >= 15 is 0 Å². The van der Waals surface area contributed by atoms with Crippen molar-refractivity contribution in [1.82, 2.24) is 9.97 Å². The van der Waals surface area contributed by atoms with Crippen LogP contribution < -0.4 is 4.90 Å². The minimum absolute atomic E-state index is 1.01. The summed E-state index contributed by atoms with van der Waals surface area (Å²) in [5.41, 5.74) is 2.43. The smallest absolute Gasteiger partial charge is 0.131 e. The van der Waals surface area contributed by atoms with Crippen molar-refractivity contribution in [2.24, 2.45) is 0 Å². The molecule has 0 aliphatic carbocycles. The molecule has 1 heterocycles. The molecule has 1 aromatic carbocycles. The molecule has 2 rings (SSSR count). The van der Waals surface area contributed by atoms with Crippen molar-refractivity contribution in [3.63, 3.8) is 0 Å². The van der Waals surface area contributed by atoms with Gasteiger partial charge in [0.05, 0.1) is 0 Å². The lowest BCUT2D eigenvalue weighted by molar-refractivity contribution is 0.714. The second-order valence-corrected chi connectivity index (χ2v) is 4.88. The summed E-state index contributed by atoms with van der Waals surface area (Å²) in [6.07, 6.45) is 5.16. The molecule has 0 aliphatic rings. The van der Waals surface area contributed by atoms with Gasteiger partial charge in [-0.3, -0.25) is 0 Å². The zero-order valence-corrected chi connectivity index (χ0v) is 11.7. The number of hydrogen-bond acceptors (Lipinski definition) is 3. The molecule has 0 bridgehead atoms. The summed E-state index contributed by atoms with van der Waals surface area (Å²) < 4.78 is 0. The fraction of sp³-hybridized carbons (Fsp3) is 0.375. The highest BCUT2D eigenvalue weighted by Gasteiger charge is 2.02. The SMILES string of the molecule is Cc1cc(N(C)CCCCc2ccccc2)ncn1. The Morgan fingerprint density at radius 2 is 1.84 bits per heavy atom. The first-order valence-corrected chi connectivity index (χ1v) is 6.79. The number of nitrogens with zero attached hydrogens (tertiary/aromatic N) is 3. The van der Waals surface area contributed by atoms with Gasteiger partial charge in [0, 0.05) is 25.4 Å². The lowest BCUT2D eigenvalue weighted by atomic mass is 10.1. The van der Waals surface area contributed by atoms with E-state index in [0.717, 1.165) is 24.5 Å². The topological polar surface area (TPSA) is 29.0 Å². The zero-order chi connectivity index (χ0) is 13.5. The lowest BCUT2D eigenvalue weighted by Crippen LogP contribution is -2.20. The minimum atomic E-state index is 1.01. The predicted octanol–water partition coefficient (Wildman–Crippen LogP) is 3.24. The molecule has 0 atom stereocenters. The molecule has 1 aromatic heterocycles. The third-order valence-corrected chi connectivity index (χ3v) is 3.23. The Bertz CT molecular complexity index is 496. The summed E-state index contributed by atoms with van der Waals surface area (Å²) in [5.74, 6) is 1.01. The van der Waals surface area contributed by atoms with Gasteiger partial charge in [-0.1, -0.05) is 30.3 Å². The number of aryl methyl sites for hydroxylation is 2. The fourth-order valence-electron chi connectivity index (χ4n) is 2.09. The maximum absolute atomic E-state index is 4.29. The second kappa shape index (κ2) is 6.88. The van der Waals surface area contributed by atoms with E-state index < -0.39 is 0 Å². The van der Waals surface area contributed by atoms with Crippen LogP contribution in [0.3, 0.4) is 0 Å². The molecular formula is C16H21N3.